The Hall–Kier alpha value is -0.750. The van der Waals surface area contributed by atoms with Crippen LogP contribution in [0.25, 0.3) is 0 Å². The van der Waals surface area contributed by atoms with Gasteiger partial charge in [-0.2, -0.15) is 0 Å². The zero-order valence-corrected chi connectivity index (χ0v) is 11.0. The summed E-state index contributed by atoms with van der Waals surface area (Å²) in [4.78, 5) is 5.50. The van der Waals surface area contributed by atoms with E-state index in [4.69, 9.17) is 5.84 Å². The first kappa shape index (κ1) is 11.7. The van der Waals surface area contributed by atoms with Gasteiger partial charge < -0.3 is 0 Å². The van der Waals surface area contributed by atoms with Gasteiger partial charge >= 0.3 is 0 Å². The number of aromatic nitrogens is 1. The van der Waals surface area contributed by atoms with E-state index >= 15 is 0 Å². The Balaban J connectivity index is 2.12. The van der Waals surface area contributed by atoms with E-state index in [9.17, 15) is 0 Å². The number of hydrazine groups is 1. The Bertz CT molecular complexity index is 444. The monoisotopic (exact) mass is 297 g/mol. The fraction of sp³-hybridized carbons (Fsp3) is 0.182. The van der Waals surface area contributed by atoms with Gasteiger partial charge in [0.2, 0.25) is 0 Å². The zero-order valence-electron chi connectivity index (χ0n) is 8.56. The number of nitrogens with one attached hydrogen (secondary N) is 1. The molecule has 2 rings (SSSR count). The van der Waals surface area contributed by atoms with E-state index in [1.54, 1.807) is 17.5 Å². The van der Waals surface area contributed by atoms with Crippen molar-refractivity contribution in [2.75, 3.05) is 0 Å². The molecule has 0 aliphatic heterocycles. The molecule has 2 aromatic heterocycles. The topological polar surface area (TPSA) is 50.9 Å². The van der Waals surface area contributed by atoms with E-state index in [0.717, 1.165) is 16.6 Å². The summed E-state index contributed by atoms with van der Waals surface area (Å²) in [7, 11) is 0. The third-order valence-corrected chi connectivity index (χ3v) is 4.08. The highest BCUT2D eigenvalue weighted by Gasteiger charge is 2.13. The molecule has 3 N–H and O–H groups in total. The molecule has 0 spiro atoms. The molecular weight excluding hydrogens is 286 g/mol. The average molecular weight is 298 g/mol. The summed E-state index contributed by atoms with van der Waals surface area (Å²) < 4.78 is 1.09. The molecule has 2 heterocycles. The predicted octanol–water partition coefficient (Wildman–Crippen LogP) is 2.65. The van der Waals surface area contributed by atoms with Gasteiger partial charge in [-0.15, -0.1) is 11.3 Å². The molecule has 0 saturated carbocycles. The van der Waals surface area contributed by atoms with Crippen molar-refractivity contribution in [3.63, 3.8) is 0 Å². The number of hydrogen-bond acceptors (Lipinski definition) is 4. The molecule has 0 amide bonds. The predicted molar refractivity (Wildman–Crippen MR) is 70.0 cm³/mol. The molecule has 16 heavy (non-hydrogen) atoms. The SMILES string of the molecule is NNC(Cc1ccccn1)c1cc(Br)cs1. The molecule has 1 atom stereocenters. The van der Waals surface area contributed by atoms with Crippen LogP contribution < -0.4 is 11.3 Å². The molecule has 0 aliphatic carbocycles. The number of thiophene rings is 1. The molecule has 0 aliphatic rings. The Kier molecular flexibility index (Phi) is 4.06. The summed E-state index contributed by atoms with van der Waals surface area (Å²) in [6, 6.07) is 8.10. The van der Waals surface area contributed by atoms with Crippen LogP contribution >= 0.6 is 27.3 Å². The average Bonchev–Trinajstić information content (AvgIpc) is 2.74. The molecule has 84 valence electrons. The van der Waals surface area contributed by atoms with Crippen LogP contribution in [0.15, 0.2) is 40.3 Å². The first-order valence-corrected chi connectivity index (χ1v) is 6.57. The minimum absolute atomic E-state index is 0.117. The Morgan fingerprint density at radius 1 is 1.50 bits per heavy atom. The van der Waals surface area contributed by atoms with Crippen LogP contribution in [0, 0.1) is 0 Å². The van der Waals surface area contributed by atoms with Gasteiger partial charge in [0.15, 0.2) is 0 Å². The van der Waals surface area contributed by atoms with Crippen molar-refractivity contribution in [1.82, 2.24) is 10.4 Å². The maximum absolute atomic E-state index is 5.58. The lowest BCUT2D eigenvalue weighted by Crippen LogP contribution is -2.29. The van der Waals surface area contributed by atoms with E-state index in [-0.39, 0.29) is 6.04 Å². The van der Waals surface area contributed by atoms with Gasteiger partial charge in [0.05, 0.1) is 6.04 Å². The van der Waals surface area contributed by atoms with Gasteiger partial charge in [0.1, 0.15) is 0 Å². The number of nitrogens with two attached hydrogens (primary N) is 1. The first-order valence-electron chi connectivity index (χ1n) is 4.89. The van der Waals surface area contributed by atoms with Gasteiger partial charge in [-0.25, -0.2) is 0 Å². The fourth-order valence-electron chi connectivity index (χ4n) is 1.48. The summed E-state index contributed by atoms with van der Waals surface area (Å²) in [6.45, 7) is 0. The van der Waals surface area contributed by atoms with Crippen LogP contribution in [0.5, 0.6) is 0 Å². The Labute approximate surface area is 107 Å². The van der Waals surface area contributed by atoms with Gasteiger partial charge in [0.25, 0.3) is 0 Å². The largest absolute Gasteiger partial charge is 0.271 e. The molecule has 0 bridgehead atoms. The van der Waals surface area contributed by atoms with E-state index in [1.807, 2.05) is 18.2 Å². The van der Waals surface area contributed by atoms with E-state index in [2.05, 4.69) is 37.8 Å². The molecular formula is C11H12BrN3S. The highest BCUT2D eigenvalue weighted by Crippen LogP contribution is 2.26. The second kappa shape index (κ2) is 5.54. The van der Waals surface area contributed by atoms with E-state index in [1.165, 1.54) is 4.88 Å². The third-order valence-electron chi connectivity index (χ3n) is 2.27. The lowest BCUT2D eigenvalue weighted by molar-refractivity contribution is 0.554. The summed E-state index contributed by atoms with van der Waals surface area (Å²) >= 11 is 5.13. The smallest absolute Gasteiger partial charge is 0.0608 e. The number of rotatable bonds is 4. The van der Waals surface area contributed by atoms with Crippen molar-refractivity contribution >= 4 is 27.3 Å². The van der Waals surface area contributed by atoms with Crippen LogP contribution in [-0.4, -0.2) is 4.98 Å². The molecule has 1 unspecified atom stereocenters. The van der Waals surface area contributed by atoms with Crippen LogP contribution in [0.2, 0.25) is 0 Å². The van der Waals surface area contributed by atoms with Crippen LogP contribution in [-0.2, 0) is 6.42 Å². The van der Waals surface area contributed by atoms with Gasteiger partial charge in [-0.3, -0.25) is 16.3 Å². The molecule has 2 aromatic rings. The van der Waals surface area contributed by atoms with Crippen molar-refractivity contribution < 1.29 is 0 Å². The number of pyridine rings is 1. The molecule has 0 aromatic carbocycles. The second-order valence-corrected chi connectivity index (χ2v) is 5.27. The lowest BCUT2D eigenvalue weighted by atomic mass is 10.1. The molecule has 3 nitrogen and oxygen atoms in total. The van der Waals surface area contributed by atoms with Crippen molar-refractivity contribution in [2.45, 2.75) is 12.5 Å². The van der Waals surface area contributed by atoms with Crippen molar-refractivity contribution in [3.8, 4) is 0 Å². The Morgan fingerprint density at radius 3 is 2.94 bits per heavy atom. The minimum atomic E-state index is 0.117. The summed E-state index contributed by atoms with van der Waals surface area (Å²) in [6.07, 6.45) is 2.59. The van der Waals surface area contributed by atoms with Gasteiger partial charge in [-0.1, -0.05) is 6.07 Å². The van der Waals surface area contributed by atoms with Crippen molar-refractivity contribution in [2.24, 2.45) is 5.84 Å². The Morgan fingerprint density at radius 2 is 2.38 bits per heavy atom. The lowest BCUT2D eigenvalue weighted by Gasteiger charge is -2.13. The highest BCUT2D eigenvalue weighted by molar-refractivity contribution is 9.10. The summed E-state index contributed by atoms with van der Waals surface area (Å²) in [5, 5.41) is 2.05. The van der Waals surface area contributed by atoms with Crippen molar-refractivity contribution in [3.05, 3.63) is 50.9 Å². The fourth-order valence-corrected chi connectivity index (χ4v) is 2.99. The number of nitrogens with zero attached hydrogens (tertiary/aromatic N) is 1. The number of hydrogen-bond donors (Lipinski definition) is 2. The normalized spacial score (nSPS) is 12.6. The molecule has 0 fully saturated rings. The van der Waals surface area contributed by atoms with Crippen LogP contribution in [0.4, 0.5) is 0 Å². The van der Waals surface area contributed by atoms with E-state index < -0.39 is 0 Å². The molecule has 0 saturated heterocycles. The van der Waals surface area contributed by atoms with Crippen molar-refractivity contribution in [1.29, 1.82) is 0 Å². The highest BCUT2D eigenvalue weighted by atomic mass is 79.9. The maximum Gasteiger partial charge on any atom is 0.0608 e. The van der Waals surface area contributed by atoms with Gasteiger partial charge in [-0.05, 0) is 34.1 Å². The van der Waals surface area contributed by atoms with Crippen LogP contribution in [0.3, 0.4) is 0 Å². The third kappa shape index (κ3) is 2.89. The number of halogens is 1. The van der Waals surface area contributed by atoms with Gasteiger partial charge in [0, 0.05) is 33.0 Å². The summed E-state index contributed by atoms with van der Waals surface area (Å²) in [5.41, 5.74) is 3.87. The van der Waals surface area contributed by atoms with E-state index in [0.29, 0.717) is 0 Å². The first-order chi connectivity index (χ1) is 7.79. The van der Waals surface area contributed by atoms with Crippen LogP contribution in [0.1, 0.15) is 16.6 Å². The molecule has 5 heteroatoms. The maximum atomic E-state index is 5.58. The zero-order chi connectivity index (χ0) is 11.4. The molecule has 0 radical (unpaired) electrons. The second-order valence-electron chi connectivity index (χ2n) is 3.41. The summed E-state index contributed by atoms with van der Waals surface area (Å²) in [5.74, 6) is 5.58. The minimum Gasteiger partial charge on any atom is -0.271 e. The quantitative estimate of drug-likeness (QED) is 0.674. The standard InChI is InChI=1S/C11H12BrN3S/c12-8-5-11(16-7-8)10(15-13)6-9-3-1-2-4-14-9/h1-5,7,10,15H,6,13H2.